The molecular weight excluding hydrogens is 150 g/mol. The zero-order valence-electron chi connectivity index (χ0n) is 9.13. The van der Waals surface area contributed by atoms with E-state index in [9.17, 15) is 0 Å². The SMILES string of the molecule is CC.CC1CCC(CN(C)C)O1. The van der Waals surface area contributed by atoms with E-state index in [-0.39, 0.29) is 0 Å². The minimum absolute atomic E-state index is 0.491. The van der Waals surface area contributed by atoms with Gasteiger partial charge in [0, 0.05) is 6.54 Å². The van der Waals surface area contributed by atoms with Crippen molar-refractivity contribution >= 4 is 0 Å². The van der Waals surface area contributed by atoms with E-state index in [0.717, 1.165) is 6.54 Å². The second-order valence-corrected chi connectivity index (χ2v) is 3.41. The molecule has 1 rings (SSSR count). The molecule has 0 saturated carbocycles. The van der Waals surface area contributed by atoms with Crippen LogP contribution in [0.5, 0.6) is 0 Å². The zero-order chi connectivity index (χ0) is 9.56. The summed E-state index contributed by atoms with van der Waals surface area (Å²) in [6.45, 7) is 7.22. The molecule has 1 saturated heterocycles. The number of hydrogen-bond donors (Lipinski definition) is 0. The minimum atomic E-state index is 0.491. The van der Waals surface area contributed by atoms with Crippen molar-refractivity contribution in [2.24, 2.45) is 0 Å². The van der Waals surface area contributed by atoms with Crippen LogP contribution in [0.4, 0.5) is 0 Å². The van der Waals surface area contributed by atoms with E-state index >= 15 is 0 Å². The van der Waals surface area contributed by atoms with Crippen molar-refractivity contribution in [2.45, 2.75) is 45.8 Å². The summed E-state index contributed by atoms with van der Waals surface area (Å²) < 4.78 is 5.63. The van der Waals surface area contributed by atoms with Crippen LogP contribution in [0, 0.1) is 0 Å². The van der Waals surface area contributed by atoms with Crippen LogP contribution in [0.25, 0.3) is 0 Å². The lowest BCUT2D eigenvalue weighted by molar-refractivity contribution is 0.0407. The molecule has 1 fully saturated rings. The van der Waals surface area contributed by atoms with Crippen molar-refractivity contribution in [3.8, 4) is 0 Å². The molecule has 0 radical (unpaired) electrons. The highest BCUT2D eigenvalue weighted by molar-refractivity contribution is 4.71. The van der Waals surface area contributed by atoms with Gasteiger partial charge in [-0.15, -0.1) is 0 Å². The maximum Gasteiger partial charge on any atom is 0.0706 e. The third-order valence-electron chi connectivity index (χ3n) is 1.89. The lowest BCUT2D eigenvalue weighted by Gasteiger charge is -2.15. The minimum Gasteiger partial charge on any atom is -0.374 e. The number of hydrogen-bond acceptors (Lipinski definition) is 2. The molecule has 2 nitrogen and oxygen atoms in total. The average Bonchev–Trinajstić information content (AvgIpc) is 2.39. The molecule has 74 valence electrons. The van der Waals surface area contributed by atoms with Crippen molar-refractivity contribution in [1.82, 2.24) is 4.90 Å². The molecule has 1 heterocycles. The maximum absolute atomic E-state index is 5.63. The van der Waals surface area contributed by atoms with E-state index in [1.807, 2.05) is 13.8 Å². The van der Waals surface area contributed by atoms with Crippen LogP contribution < -0.4 is 0 Å². The van der Waals surface area contributed by atoms with Crippen molar-refractivity contribution < 1.29 is 4.74 Å². The van der Waals surface area contributed by atoms with Crippen LogP contribution in [0.3, 0.4) is 0 Å². The molecule has 0 bridgehead atoms. The first-order valence-electron chi connectivity index (χ1n) is 4.98. The molecule has 0 amide bonds. The summed E-state index contributed by atoms with van der Waals surface area (Å²) in [6.07, 6.45) is 3.45. The Morgan fingerprint density at radius 1 is 1.25 bits per heavy atom. The van der Waals surface area contributed by atoms with Gasteiger partial charge in [0.15, 0.2) is 0 Å². The fourth-order valence-electron chi connectivity index (χ4n) is 1.43. The molecule has 2 unspecified atom stereocenters. The van der Waals surface area contributed by atoms with E-state index in [2.05, 4.69) is 25.9 Å². The van der Waals surface area contributed by atoms with Crippen LogP contribution in [0.1, 0.15) is 33.6 Å². The van der Waals surface area contributed by atoms with Crippen molar-refractivity contribution in [3.63, 3.8) is 0 Å². The molecule has 1 aliphatic heterocycles. The second kappa shape index (κ2) is 6.44. The first-order chi connectivity index (χ1) is 5.68. The van der Waals surface area contributed by atoms with Crippen LogP contribution >= 0.6 is 0 Å². The van der Waals surface area contributed by atoms with Crippen LogP contribution in [-0.4, -0.2) is 37.7 Å². The number of nitrogens with zero attached hydrogens (tertiary/aromatic N) is 1. The fraction of sp³-hybridized carbons (Fsp3) is 1.00. The topological polar surface area (TPSA) is 12.5 Å². The van der Waals surface area contributed by atoms with Gasteiger partial charge >= 0.3 is 0 Å². The number of likely N-dealkylation sites (N-methyl/N-ethyl adjacent to an activating group) is 1. The highest BCUT2D eigenvalue weighted by Crippen LogP contribution is 2.18. The smallest absolute Gasteiger partial charge is 0.0706 e. The van der Waals surface area contributed by atoms with Crippen LogP contribution in [0.2, 0.25) is 0 Å². The highest BCUT2D eigenvalue weighted by atomic mass is 16.5. The third kappa shape index (κ3) is 4.73. The number of rotatable bonds is 2. The Morgan fingerprint density at radius 3 is 2.17 bits per heavy atom. The zero-order valence-corrected chi connectivity index (χ0v) is 9.13. The van der Waals surface area contributed by atoms with Crippen molar-refractivity contribution in [1.29, 1.82) is 0 Å². The van der Waals surface area contributed by atoms with Gasteiger partial charge in [0.1, 0.15) is 0 Å². The Kier molecular flexibility index (Phi) is 6.39. The fourth-order valence-corrected chi connectivity index (χ4v) is 1.43. The maximum atomic E-state index is 5.63. The monoisotopic (exact) mass is 173 g/mol. The summed E-state index contributed by atoms with van der Waals surface area (Å²) in [4.78, 5) is 2.18. The van der Waals surface area contributed by atoms with E-state index in [4.69, 9.17) is 4.74 Å². The summed E-state index contributed by atoms with van der Waals surface area (Å²) in [5.41, 5.74) is 0. The summed E-state index contributed by atoms with van der Waals surface area (Å²) >= 11 is 0. The largest absolute Gasteiger partial charge is 0.374 e. The Bertz CT molecular complexity index is 104. The van der Waals surface area contributed by atoms with E-state index < -0.39 is 0 Å². The molecule has 1 aliphatic rings. The lowest BCUT2D eigenvalue weighted by atomic mass is 10.2. The molecule has 12 heavy (non-hydrogen) atoms. The first-order valence-corrected chi connectivity index (χ1v) is 4.98. The summed E-state index contributed by atoms with van der Waals surface area (Å²) in [5, 5.41) is 0. The predicted molar refractivity (Wildman–Crippen MR) is 53.5 cm³/mol. The summed E-state index contributed by atoms with van der Waals surface area (Å²) in [5.74, 6) is 0. The van der Waals surface area contributed by atoms with Gasteiger partial charge in [-0.2, -0.15) is 0 Å². The van der Waals surface area contributed by atoms with Crippen LogP contribution in [-0.2, 0) is 4.74 Å². The summed E-state index contributed by atoms with van der Waals surface area (Å²) in [6, 6.07) is 0. The van der Waals surface area contributed by atoms with Crippen molar-refractivity contribution in [3.05, 3.63) is 0 Å². The van der Waals surface area contributed by atoms with Gasteiger partial charge in [-0.3, -0.25) is 0 Å². The van der Waals surface area contributed by atoms with E-state index in [0.29, 0.717) is 12.2 Å². The molecule has 0 aromatic carbocycles. The highest BCUT2D eigenvalue weighted by Gasteiger charge is 2.21. The Morgan fingerprint density at radius 2 is 1.83 bits per heavy atom. The van der Waals surface area contributed by atoms with Crippen LogP contribution in [0.15, 0.2) is 0 Å². The molecule has 0 aromatic heterocycles. The Hall–Kier alpha value is -0.0800. The molecule has 0 aliphatic carbocycles. The summed E-state index contributed by atoms with van der Waals surface area (Å²) in [7, 11) is 4.18. The van der Waals surface area contributed by atoms with E-state index in [1.165, 1.54) is 12.8 Å². The van der Waals surface area contributed by atoms with Gasteiger partial charge in [-0.05, 0) is 33.9 Å². The Balaban J connectivity index is 0.000000561. The first kappa shape index (κ1) is 11.9. The molecule has 0 spiro atoms. The standard InChI is InChI=1S/C8H17NO.C2H6/c1-7-4-5-8(10-7)6-9(2)3;1-2/h7-8H,4-6H2,1-3H3;1-2H3. The van der Waals surface area contributed by atoms with Gasteiger partial charge in [-0.1, -0.05) is 13.8 Å². The predicted octanol–water partition coefficient (Wildman–Crippen LogP) is 2.14. The molecule has 2 heteroatoms. The normalized spacial score (nSPS) is 28.5. The molecule has 0 aromatic rings. The quantitative estimate of drug-likeness (QED) is 0.634. The third-order valence-corrected chi connectivity index (χ3v) is 1.89. The average molecular weight is 173 g/mol. The lowest BCUT2D eigenvalue weighted by Crippen LogP contribution is -2.25. The van der Waals surface area contributed by atoms with Gasteiger partial charge < -0.3 is 9.64 Å². The van der Waals surface area contributed by atoms with Gasteiger partial charge in [-0.25, -0.2) is 0 Å². The van der Waals surface area contributed by atoms with Gasteiger partial charge in [0.05, 0.1) is 12.2 Å². The van der Waals surface area contributed by atoms with Gasteiger partial charge in [0.2, 0.25) is 0 Å². The molecule has 2 atom stereocenters. The van der Waals surface area contributed by atoms with Gasteiger partial charge in [0.25, 0.3) is 0 Å². The molecular formula is C10H23NO. The second-order valence-electron chi connectivity index (χ2n) is 3.41. The Labute approximate surface area is 76.9 Å². The molecule has 0 N–H and O–H groups in total. The van der Waals surface area contributed by atoms with E-state index in [1.54, 1.807) is 0 Å². The van der Waals surface area contributed by atoms with Crippen molar-refractivity contribution in [2.75, 3.05) is 20.6 Å². The number of ether oxygens (including phenoxy) is 1.